The predicted octanol–water partition coefficient (Wildman–Crippen LogP) is 8.00. The number of hydrogen-bond donors (Lipinski definition) is 0. The van der Waals surface area contributed by atoms with Crippen LogP contribution in [0.2, 0.25) is 0 Å². The van der Waals surface area contributed by atoms with Gasteiger partial charge < -0.3 is 0 Å². The van der Waals surface area contributed by atoms with Gasteiger partial charge in [0.25, 0.3) is 0 Å². The van der Waals surface area contributed by atoms with E-state index in [0.29, 0.717) is 0 Å². The minimum Gasteiger partial charge on any atom is -0.298 e. The smallest absolute Gasteiger partial charge is 0.0276 e. The normalized spacial score (nSPS) is 14.0. The standard InChI is InChI=1S/C24H41N/c1-20(2)12-8-13-21(3)14-9-15-22(4)16-10-17-23(5)18-11-19-24(6)25-7/h12,14,16,18H,8-11,13,15,17,19H2,1-7H3/b21-14+,22-16+,23-18+,25-24+. The molecule has 0 fully saturated rings. The summed E-state index contributed by atoms with van der Waals surface area (Å²) in [6.07, 6.45) is 18.8. The van der Waals surface area contributed by atoms with Crippen molar-refractivity contribution in [3.05, 3.63) is 46.6 Å². The monoisotopic (exact) mass is 343 g/mol. The summed E-state index contributed by atoms with van der Waals surface area (Å²) in [5.41, 5.74) is 7.21. The van der Waals surface area contributed by atoms with Crippen molar-refractivity contribution in [3.8, 4) is 0 Å². The molecule has 0 aromatic carbocycles. The Morgan fingerprint density at radius 2 is 0.920 bits per heavy atom. The van der Waals surface area contributed by atoms with E-state index >= 15 is 0 Å². The molecule has 0 aliphatic heterocycles. The van der Waals surface area contributed by atoms with E-state index in [2.05, 4.69) is 70.8 Å². The molecular weight excluding hydrogens is 302 g/mol. The summed E-state index contributed by atoms with van der Waals surface area (Å²) in [5, 5.41) is 0. The van der Waals surface area contributed by atoms with Crippen LogP contribution in [0.5, 0.6) is 0 Å². The third kappa shape index (κ3) is 15.9. The molecule has 1 nitrogen and oxygen atoms in total. The molecule has 0 radical (unpaired) electrons. The molecule has 0 aromatic rings. The fraction of sp³-hybridized carbons (Fsp3) is 0.625. The van der Waals surface area contributed by atoms with Crippen molar-refractivity contribution >= 4 is 5.71 Å². The average Bonchev–Trinajstić information content (AvgIpc) is 2.54. The highest BCUT2D eigenvalue weighted by Crippen LogP contribution is 2.14. The summed E-state index contributed by atoms with van der Waals surface area (Å²) in [5.74, 6) is 0. The van der Waals surface area contributed by atoms with Gasteiger partial charge in [-0.15, -0.1) is 0 Å². The first kappa shape index (κ1) is 23.6. The van der Waals surface area contributed by atoms with E-state index in [4.69, 9.17) is 0 Å². The van der Waals surface area contributed by atoms with Gasteiger partial charge in [0.15, 0.2) is 0 Å². The van der Waals surface area contributed by atoms with Gasteiger partial charge in [-0.3, -0.25) is 4.99 Å². The second-order valence-electron chi connectivity index (χ2n) is 7.55. The Bertz CT molecular complexity index is 508. The molecule has 0 rings (SSSR count). The van der Waals surface area contributed by atoms with Crippen LogP contribution in [0.3, 0.4) is 0 Å². The fourth-order valence-corrected chi connectivity index (χ4v) is 2.63. The van der Waals surface area contributed by atoms with Gasteiger partial charge in [0.2, 0.25) is 0 Å². The van der Waals surface area contributed by atoms with Crippen molar-refractivity contribution < 1.29 is 0 Å². The molecule has 0 unspecified atom stereocenters. The molecule has 0 saturated carbocycles. The Morgan fingerprint density at radius 3 is 1.28 bits per heavy atom. The first-order valence-electron chi connectivity index (χ1n) is 9.87. The molecule has 0 atom stereocenters. The summed E-state index contributed by atoms with van der Waals surface area (Å²) < 4.78 is 0. The minimum atomic E-state index is 1.09. The maximum Gasteiger partial charge on any atom is 0.0276 e. The number of nitrogens with zero attached hydrogens (tertiary/aromatic N) is 1. The highest BCUT2D eigenvalue weighted by atomic mass is 14.7. The van der Waals surface area contributed by atoms with Gasteiger partial charge in [0, 0.05) is 12.8 Å². The van der Waals surface area contributed by atoms with E-state index in [9.17, 15) is 0 Å². The summed E-state index contributed by atoms with van der Waals surface area (Å²) >= 11 is 0. The molecule has 0 N–H and O–H groups in total. The maximum atomic E-state index is 4.21. The van der Waals surface area contributed by atoms with Gasteiger partial charge in [-0.2, -0.15) is 0 Å². The van der Waals surface area contributed by atoms with Crippen molar-refractivity contribution in [2.75, 3.05) is 7.05 Å². The number of rotatable bonds is 12. The lowest BCUT2D eigenvalue weighted by molar-refractivity contribution is 0.896. The van der Waals surface area contributed by atoms with Crippen LogP contribution in [0.15, 0.2) is 51.6 Å². The van der Waals surface area contributed by atoms with Gasteiger partial charge in [-0.05, 0) is 92.9 Å². The first-order valence-corrected chi connectivity index (χ1v) is 9.87. The summed E-state index contributed by atoms with van der Waals surface area (Å²) in [6.45, 7) is 13.2. The molecule has 142 valence electrons. The van der Waals surface area contributed by atoms with E-state index in [1.54, 1.807) is 0 Å². The van der Waals surface area contributed by atoms with Gasteiger partial charge in [-0.25, -0.2) is 0 Å². The molecule has 1 heteroatoms. The summed E-state index contributed by atoms with van der Waals surface area (Å²) in [6, 6.07) is 0. The van der Waals surface area contributed by atoms with Gasteiger partial charge >= 0.3 is 0 Å². The second-order valence-corrected chi connectivity index (χ2v) is 7.55. The Kier molecular flexibility index (Phi) is 14.1. The summed E-state index contributed by atoms with van der Waals surface area (Å²) in [4.78, 5) is 4.21. The minimum absolute atomic E-state index is 1.09. The molecular formula is C24H41N. The quantitative estimate of drug-likeness (QED) is 0.251. The number of allylic oxidation sites excluding steroid dienone is 8. The molecule has 0 aliphatic rings. The lowest BCUT2D eigenvalue weighted by Crippen LogP contribution is -1.89. The zero-order valence-electron chi connectivity index (χ0n) is 17.9. The molecule has 0 amide bonds. The van der Waals surface area contributed by atoms with Crippen molar-refractivity contribution in [2.45, 2.75) is 92.9 Å². The van der Waals surface area contributed by atoms with Crippen LogP contribution in [0.4, 0.5) is 0 Å². The van der Waals surface area contributed by atoms with Crippen molar-refractivity contribution in [1.82, 2.24) is 0 Å². The van der Waals surface area contributed by atoms with Crippen LogP contribution in [-0.2, 0) is 0 Å². The van der Waals surface area contributed by atoms with Crippen molar-refractivity contribution in [1.29, 1.82) is 0 Å². The highest BCUT2D eigenvalue weighted by Gasteiger charge is 1.94. The Balaban J connectivity index is 4.01. The molecule has 0 spiro atoms. The van der Waals surface area contributed by atoms with E-state index in [1.807, 2.05) is 7.05 Å². The van der Waals surface area contributed by atoms with Crippen LogP contribution in [0.25, 0.3) is 0 Å². The Labute approximate surface area is 157 Å². The average molecular weight is 344 g/mol. The number of aliphatic imine (C=N–C) groups is 1. The van der Waals surface area contributed by atoms with Gasteiger partial charge in [0.05, 0.1) is 0 Å². The number of hydrogen-bond acceptors (Lipinski definition) is 1. The van der Waals surface area contributed by atoms with E-state index in [-0.39, 0.29) is 0 Å². The van der Waals surface area contributed by atoms with E-state index < -0.39 is 0 Å². The van der Waals surface area contributed by atoms with Crippen LogP contribution >= 0.6 is 0 Å². The topological polar surface area (TPSA) is 12.4 Å². The second kappa shape index (κ2) is 14.9. The Hall–Kier alpha value is -1.37. The van der Waals surface area contributed by atoms with E-state index in [0.717, 1.165) is 19.3 Å². The van der Waals surface area contributed by atoms with Crippen molar-refractivity contribution in [3.63, 3.8) is 0 Å². The summed E-state index contributed by atoms with van der Waals surface area (Å²) in [7, 11) is 1.87. The molecule has 0 bridgehead atoms. The highest BCUT2D eigenvalue weighted by molar-refractivity contribution is 5.81. The van der Waals surface area contributed by atoms with Crippen LogP contribution < -0.4 is 0 Å². The lowest BCUT2D eigenvalue weighted by Gasteiger charge is -2.03. The van der Waals surface area contributed by atoms with E-state index in [1.165, 1.54) is 60.1 Å². The molecule has 0 heterocycles. The van der Waals surface area contributed by atoms with Crippen LogP contribution in [0, 0.1) is 0 Å². The third-order valence-electron chi connectivity index (χ3n) is 4.53. The van der Waals surface area contributed by atoms with Crippen LogP contribution in [-0.4, -0.2) is 12.8 Å². The molecule has 0 aliphatic carbocycles. The van der Waals surface area contributed by atoms with Crippen molar-refractivity contribution in [2.24, 2.45) is 4.99 Å². The molecule has 0 saturated heterocycles. The lowest BCUT2D eigenvalue weighted by atomic mass is 10.0. The van der Waals surface area contributed by atoms with Gasteiger partial charge in [-0.1, -0.05) is 46.6 Å². The molecule has 25 heavy (non-hydrogen) atoms. The van der Waals surface area contributed by atoms with Gasteiger partial charge in [0.1, 0.15) is 0 Å². The first-order chi connectivity index (χ1) is 11.8. The zero-order valence-corrected chi connectivity index (χ0v) is 17.9. The molecule has 0 aromatic heterocycles. The van der Waals surface area contributed by atoms with Crippen LogP contribution in [0.1, 0.15) is 92.9 Å². The maximum absolute atomic E-state index is 4.21. The largest absolute Gasteiger partial charge is 0.298 e. The third-order valence-corrected chi connectivity index (χ3v) is 4.53. The Morgan fingerprint density at radius 1 is 0.560 bits per heavy atom. The fourth-order valence-electron chi connectivity index (χ4n) is 2.63. The SMILES string of the molecule is C/N=C(\C)CC/C=C(\C)CC/C=C(\C)CC/C=C(\C)CCC=C(C)C. The predicted molar refractivity (Wildman–Crippen MR) is 117 cm³/mol. The zero-order chi connectivity index (χ0) is 19.1.